The molecule has 1 unspecified atom stereocenters. The second-order valence-electron chi connectivity index (χ2n) is 3.82. The largest absolute Gasteiger partial charge is 0.480 e. The van der Waals surface area contributed by atoms with E-state index in [2.05, 4.69) is 20.5 Å². The number of carboxylic acid groups (broad SMARTS) is 1. The summed E-state index contributed by atoms with van der Waals surface area (Å²) in [7, 11) is 0. The molecule has 0 aromatic carbocycles. The Hall–Kier alpha value is -1.96. The van der Waals surface area contributed by atoms with Crippen LogP contribution in [0.25, 0.3) is 11.4 Å². The maximum atomic E-state index is 11.3. The van der Waals surface area contributed by atoms with Crippen molar-refractivity contribution in [1.82, 2.24) is 25.2 Å². The molecule has 7 nitrogen and oxygen atoms in total. The Labute approximate surface area is 114 Å². The lowest BCUT2D eigenvalue weighted by Crippen LogP contribution is -2.22. The molecule has 1 N–H and O–H groups in total. The van der Waals surface area contributed by atoms with Gasteiger partial charge >= 0.3 is 5.97 Å². The summed E-state index contributed by atoms with van der Waals surface area (Å²) in [6.45, 7) is 0. The molecule has 0 radical (unpaired) electrons. The summed E-state index contributed by atoms with van der Waals surface area (Å²) < 4.78 is 1.34. The van der Waals surface area contributed by atoms with E-state index in [0.29, 0.717) is 17.8 Å². The smallest absolute Gasteiger partial charge is 0.328 e. The molecule has 0 aliphatic carbocycles. The number of hydrogen-bond acceptors (Lipinski definition) is 6. The minimum atomic E-state index is -0.938. The molecule has 1 atom stereocenters. The van der Waals surface area contributed by atoms with Crippen LogP contribution in [0.15, 0.2) is 24.5 Å². The first-order valence-electron chi connectivity index (χ1n) is 5.64. The number of hydrogen-bond donors (Lipinski definition) is 1. The lowest BCUT2D eigenvalue weighted by molar-refractivity contribution is -0.141. The maximum absolute atomic E-state index is 11.3. The van der Waals surface area contributed by atoms with Crippen molar-refractivity contribution in [3.63, 3.8) is 0 Å². The van der Waals surface area contributed by atoms with Crippen LogP contribution in [-0.4, -0.2) is 48.3 Å². The van der Waals surface area contributed by atoms with Gasteiger partial charge in [-0.25, -0.2) is 9.48 Å². The van der Waals surface area contributed by atoms with Crippen molar-refractivity contribution < 1.29 is 9.90 Å². The average Bonchev–Trinajstić information content (AvgIpc) is 2.89. The molecule has 0 fully saturated rings. The number of nitrogens with zero attached hydrogens (tertiary/aromatic N) is 5. The summed E-state index contributed by atoms with van der Waals surface area (Å²) in [6, 6.07) is 2.78. The van der Waals surface area contributed by atoms with E-state index in [4.69, 9.17) is 0 Å². The topological polar surface area (TPSA) is 93.8 Å². The summed E-state index contributed by atoms with van der Waals surface area (Å²) in [5.74, 6) is 0.205. The highest BCUT2D eigenvalue weighted by Gasteiger charge is 2.24. The Morgan fingerprint density at radius 3 is 3.05 bits per heavy atom. The van der Waals surface area contributed by atoms with E-state index >= 15 is 0 Å². The van der Waals surface area contributed by atoms with E-state index in [1.165, 1.54) is 4.68 Å². The van der Waals surface area contributed by atoms with Gasteiger partial charge in [-0.05, 0) is 41.0 Å². The van der Waals surface area contributed by atoms with Crippen LogP contribution in [0.2, 0.25) is 0 Å². The van der Waals surface area contributed by atoms with Crippen LogP contribution >= 0.6 is 11.8 Å². The van der Waals surface area contributed by atoms with Gasteiger partial charge in [0.15, 0.2) is 11.9 Å². The van der Waals surface area contributed by atoms with Crippen molar-refractivity contribution in [2.24, 2.45) is 0 Å². The lowest BCUT2D eigenvalue weighted by atomic mass is 10.2. The predicted molar refractivity (Wildman–Crippen MR) is 70.7 cm³/mol. The van der Waals surface area contributed by atoms with Crippen LogP contribution < -0.4 is 0 Å². The number of pyridine rings is 1. The first-order valence-corrected chi connectivity index (χ1v) is 7.03. The molecule has 0 aliphatic rings. The molecular weight excluding hydrogens is 266 g/mol. The molecule has 0 amide bonds. The molecule has 19 heavy (non-hydrogen) atoms. The van der Waals surface area contributed by atoms with Gasteiger partial charge < -0.3 is 5.11 Å². The summed E-state index contributed by atoms with van der Waals surface area (Å²) in [5, 5.41) is 20.6. The van der Waals surface area contributed by atoms with Crippen molar-refractivity contribution >= 4 is 17.7 Å². The van der Waals surface area contributed by atoms with Gasteiger partial charge in [0.2, 0.25) is 0 Å². The second kappa shape index (κ2) is 6.28. The monoisotopic (exact) mass is 279 g/mol. The number of tetrazole rings is 1. The molecule has 0 saturated carbocycles. The minimum absolute atomic E-state index is 0.418. The lowest BCUT2D eigenvalue weighted by Gasteiger charge is -2.13. The average molecular weight is 279 g/mol. The molecule has 0 saturated heterocycles. The van der Waals surface area contributed by atoms with Crippen LogP contribution in [0, 0.1) is 0 Å². The van der Waals surface area contributed by atoms with Crippen LogP contribution in [0.5, 0.6) is 0 Å². The van der Waals surface area contributed by atoms with Gasteiger partial charge in [0.1, 0.15) is 0 Å². The third kappa shape index (κ3) is 3.08. The van der Waals surface area contributed by atoms with Crippen molar-refractivity contribution in [3.05, 3.63) is 24.5 Å². The van der Waals surface area contributed by atoms with Crippen LogP contribution in [0.4, 0.5) is 0 Å². The fourth-order valence-corrected chi connectivity index (χ4v) is 2.13. The van der Waals surface area contributed by atoms with Crippen molar-refractivity contribution in [2.45, 2.75) is 12.5 Å². The van der Waals surface area contributed by atoms with E-state index in [-0.39, 0.29) is 0 Å². The fourth-order valence-electron chi connectivity index (χ4n) is 1.67. The van der Waals surface area contributed by atoms with Gasteiger partial charge in [0.25, 0.3) is 0 Å². The van der Waals surface area contributed by atoms with Gasteiger partial charge in [-0.3, -0.25) is 4.98 Å². The summed E-state index contributed by atoms with van der Waals surface area (Å²) in [4.78, 5) is 15.3. The molecule has 0 bridgehead atoms. The highest BCUT2D eigenvalue weighted by Crippen LogP contribution is 2.21. The Morgan fingerprint density at radius 2 is 2.42 bits per heavy atom. The molecule has 8 heteroatoms. The quantitative estimate of drug-likeness (QED) is 0.846. The van der Waals surface area contributed by atoms with Crippen LogP contribution in [0.1, 0.15) is 12.5 Å². The van der Waals surface area contributed by atoms with Crippen molar-refractivity contribution in [2.75, 3.05) is 12.0 Å². The van der Waals surface area contributed by atoms with Gasteiger partial charge in [0.05, 0.1) is 0 Å². The van der Waals surface area contributed by atoms with Crippen LogP contribution in [0.3, 0.4) is 0 Å². The normalized spacial score (nSPS) is 12.3. The first kappa shape index (κ1) is 13.5. The number of carbonyl (C=O) groups is 1. The fraction of sp³-hybridized carbons (Fsp3) is 0.364. The van der Waals surface area contributed by atoms with Crippen LogP contribution in [-0.2, 0) is 4.79 Å². The molecule has 2 aromatic heterocycles. The number of carboxylic acids is 1. The molecule has 2 heterocycles. The minimum Gasteiger partial charge on any atom is -0.480 e. The van der Waals surface area contributed by atoms with E-state index in [0.717, 1.165) is 5.75 Å². The highest BCUT2D eigenvalue weighted by atomic mass is 32.2. The third-order valence-electron chi connectivity index (χ3n) is 2.59. The van der Waals surface area contributed by atoms with Gasteiger partial charge in [-0.15, -0.1) is 5.10 Å². The molecule has 100 valence electrons. The zero-order valence-corrected chi connectivity index (χ0v) is 11.1. The second-order valence-corrected chi connectivity index (χ2v) is 4.81. The number of rotatable bonds is 6. The highest BCUT2D eigenvalue weighted by molar-refractivity contribution is 7.98. The van der Waals surface area contributed by atoms with E-state index in [1.807, 2.05) is 6.26 Å². The van der Waals surface area contributed by atoms with Gasteiger partial charge in [-0.2, -0.15) is 11.8 Å². The van der Waals surface area contributed by atoms with E-state index < -0.39 is 12.0 Å². The van der Waals surface area contributed by atoms with Crippen molar-refractivity contribution in [3.8, 4) is 11.4 Å². The molecular formula is C11H13N5O2S. The maximum Gasteiger partial charge on any atom is 0.328 e. The Morgan fingerprint density at radius 1 is 1.58 bits per heavy atom. The zero-order chi connectivity index (χ0) is 13.7. The summed E-state index contributed by atoms with van der Waals surface area (Å²) >= 11 is 1.59. The summed E-state index contributed by atoms with van der Waals surface area (Å²) in [5.41, 5.74) is 0.697. The first-order chi connectivity index (χ1) is 9.24. The molecule has 2 aromatic rings. The standard InChI is InChI=1S/C11H13N5O2S/c1-19-6-4-9(11(17)18)16-10(13-14-15-16)8-3-2-5-12-7-8/h2-3,5,7,9H,4,6H2,1H3,(H,17,18). The summed E-state index contributed by atoms with van der Waals surface area (Å²) in [6.07, 6.45) is 5.64. The Balaban J connectivity index is 2.34. The zero-order valence-electron chi connectivity index (χ0n) is 10.3. The molecule has 0 aliphatic heterocycles. The van der Waals surface area contributed by atoms with Gasteiger partial charge in [-0.1, -0.05) is 0 Å². The SMILES string of the molecule is CSCCC(C(=O)O)n1nnnc1-c1cccnc1. The van der Waals surface area contributed by atoms with Crippen molar-refractivity contribution in [1.29, 1.82) is 0 Å². The number of aliphatic carboxylic acids is 1. The number of thioether (sulfide) groups is 1. The molecule has 2 rings (SSSR count). The Bertz CT molecular complexity index is 545. The third-order valence-corrected chi connectivity index (χ3v) is 3.23. The van der Waals surface area contributed by atoms with E-state index in [9.17, 15) is 9.90 Å². The Kier molecular flexibility index (Phi) is 4.45. The van der Waals surface area contributed by atoms with E-state index in [1.54, 1.807) is 36.3 Å². The molecule has 0 spiro atoms. The number of aromatic nitrogens is 5. The van der Waals surface area contributed by atoms with Gasteiger partial charge in [0, 0.05) is 18.0 Å². The predicted octanol–water partition coefficient (Wildman–Crippen LogP) is 1.11.